The second kappa shape index (κ2) is 2.26. The monoisotopic (exact) mass is 139 g/mol. The van der Waals surface area contributed by atoms with E-state index in [0.717, 1.165) is 18.8 Å². The van der Waals surface area contributed by atoms with Crippen LogP contribution < -0.4 is 5.32 Å². The fraction of sp³-hybridized carbons (Fsp3) is 0.875. The van der Waals surface area contributed by atoms with Gasteiger partial charge < -0.3 is 5.32 Å². The lowest BCUT2D eigenvalue weighted by Crippen LogP contribution is -2.36. The van der Waals surface area contributed by atoms with Crippen molar-refractivity contribution in [1.29, 1.82) is 0 Å². The number of rotatable bonds is 1. The first-order chi connectivity index (χ1) is 4.86. The first kappa shape index (κ1) is 6.20. The molecular formula is C8H13NO. The fourth-order valence-corrected chi connectivity index (χ4v) is 1.83. The Labute approximate surface area is 61.0 Å². The Morgan fingerprint density at radius 2 is 2.10 bits per heavy atom. The van der Waals surface area contributed by atoms with Crippen LogP contribution in [0.4, 0.5) is 0 Å². The molecule has 1 atom stereocenters. The van der Waals surface area contributed by atoms with Gasteiger partial charge in [0.05, 0.1) is 0 Å². The molecule has 0 bridgehead atoms. The highest BCUT2D eigenvalue weighted by molar-refractivity contribution is 5.78. The molecule has 1 aliphatic heterocycles. The zero-order valence-corrected chi connectivity index (χ0v) is 6.10. The maximum atomic E-state index is 10.8. The van der Waals surface area contributed by atoms with E-state index >= 15 is 0 Å². The number of carbonyl (C=O) groups excluding carboxylic acids is 1. The number of amides is 1. The Morgan fingerprint density at radius 3 is 2.50 bits per heavy atom. The second-order valence-corrected chi connectivity index (χ2v) is 3.40. The van der Waals surface area contributed by atoms with Gasteiger partial charge in [0.2, 0.25) is 5.91 Å². The van der Waals surface area contributed by atoms with Crippen LogP contribution >= 0.6 is 0 Å². The molecule has 1 heterocycles. The number of carbonyl (C=O) groups is 1. The molecule has 2 heteroatoms. The first-order valence-corrected chi connectivity index (χ1v) is 4.15. The molecule has 0 radical (unpaired) electrons. The van der Waals surface area contributed by atoms with Crippen LogP contribution in [0.2, 0.25) is 0 Å². The van der Waals surface area contributed by atoms with E-state index in [4.69, 9.17) is 0 Å². The molecule has 0 aromatic carbocycles. The number of hydrogen-bond donors (Lipinski definition) is 1. The summed E-state index contributed by atoms with van der Waals surface area (Å²) >= 11 is 0. The van der Waals surface area contributed by atoms with Gasteiger partial charge in [-0.1, -0.05) is 6.42 Å². The molecule has 2 aliphatic rings. The predicted octanol–water partition coefficient (Wildman–Crippen LogP) is 1.07. The van der Waals surface area contributed by atoms with Crippen molar-refractivity contribution in [2.24, 2.45) is 5.92 Å². The molecule has 2 nitrogen and oxygen atoms in total. The van der Waals surface area contributed by atoms with Crippen molar-refractivity contribution in [2.45, 2.75) is 38.1 Å². The molecule has 1 amide bonds. The van der Waals surface area contributed by atoms with Crippen LogP contribution in [0.15, 0.2) is 0 Å². The summed E-state index contributed by atoms with van der Waals surface area (Å²) in [6, 6.07) is 0.543. The van der Waals surface area contributed by atoms with E-state index in [1.54, 1.807) is 0 Å². The molecule has 1 N–H and O–H groups in total. The van der Waals surface area contributed by atoms with Crippen molar-refractivity contribution in [1.82, 2.24) is 5.32 Å². The van der Waals surface area contributed by atoms with E-state index in [9.17, 15) is 4.79 Å². The van der Waals surface area contributed by atoms with Gasteiger partial charge in [0.15, 0.2) is 0 Å². The third-order valence-electron chi connectivity index (χ3n) is 2.75. The van der Waals surface area contributed by atoms with Gasteiger partial charge in [-0.15, -0.1) is 0 Å². The van der Waals surface area contributed by atoms with E-state index in [1.165, 1.54) is 19.3 Å². The van der Waals surface area contributed by atoms with Gasteiger partial charge >= 0.3 is 0 Å². The quantitative estimate of drug-likeness (QED) is 0.578. The molecule has 0 spiro atoms. The van der Waals surface area contributed by atoms with Gasteiger partial charge in [0.25, 0.3) is 0 Å². The SMILES string of the molecule is O=C1CCC(C2CCC2)N1. The lowest BCUT2D eigenvalue weighted by atomic mass is 9.79. The van der Waals surface area contributed by atoms with E-state index in [0.29, 0.717) is 6.04 Å². The lowest BCUT2D eigenvalue weighted by molar-refractivity contribution is -0.119. The number of nitrogens with one attached hydrogen (secondary N) is 1. The van der Waals surface area contributed by atoms with E-state index in [-0.39, 0.29) is 5.91 Å². The van der Waals surface area contributed by atoms with Crippen LogP contribution in [-0.4, -0.2) is 11.9 Å². The van der Waals surface area contributed by atoms with Crippen LogP contribution in [0.25, 0.3) is 0 Å². The van der Waals surface area contributed by atoms with E-state index < -0.39 is 0 Å². The summed E-state index contributed by atoms with van der Waals surface area (Å²) in [6.45, 7) is 0. The minimum Gasteiger partial charge on any atom is -0.353 e. The highest BCUT2D eigenvalue weighted by atomic mass is 16.1. The molecule has 1 saturated heterocycles. The third kappa shape index (κ3) is 0.917. The Morgan fingerprint density at radius 1 is 1.30 bits per heavy atom. The van der Waals surface area contributed by atoms with Gasteiger partial charge in [-0.2, -0.15) is 0 Å². The smallest absolute Gasteiger partial charge is 0.220 e. The summed E-state index contributed by atoms with van der Waals surface area (Å²) in [5.74, 6) is 1.09. The van der Waals surface area contributed by atoms with Crippen LogP contribution in [0, 0.1) is 5.92 Å². The molecule has 1 saturated carbocycles. The van der Waals surface area contributed by atoms with Gasteiger partial charge in [0.1, 0.15) is 0 Å². The average Bonchev–Trinajstić information content (AvgIpc) is 2.10. The molecule has 1 aliphatic carbocycles. The van der Waals surface area contributed by atoms with Crippen molar-refractivity contribution in [2.75, 3.05) is 0 Å². The maximum Gasteiger partial charge on any atom is 0.220 e. The lowest BCUT2D eigenvalue weighted by Gasteiger charge is -2.30. The van der Waals surface area contributed by atoms with Gasteiger partial charge in [-0.05, 0) is 25.2 Å². The predicted molar refractivity (Wildman–Crippen MR) is 38.5 cm³/mol. The average molecular weight is 139 g/mol. The topological polar surface area (TPSA) is 29.1 Å². The first-order valence-electron chi connectivity index (χ1n) is 4.15. The van der Waals surface area contributed by atoms with E-state index in [1.807, 2.05) is 0 Å². The summed E-state index contributed by atoms with van der Waals surface area (Å²) in [4.78, 5) is 10.8. The summed E-state index contributed by atoms with van der Waals surface area (Å²) < 4.78 is 0. The molecule has 10 heavy (non-hydrogen) atoms. The van der Waals surface area contributed by atoms with Crippen molar-refractivity contribution in [3.8, 4) is 0 Å². The number of hydrogen-bond acceptors (Lipinski definition) is 1. The van der Waals surface area contributed by atoms with E-state index in [2.05, 4.69) is 5.32 Å². The van der Waals surface area contributed by atoms with Crippen molar-refractivity contribution in [3.63, 3.8) is 0 Å². The largest absolute Gasteiger partial charge is 0.353 e. The zero-order chi connectivity index (χ0) is 6.97. The summed E-state index contributed by atoms with van der Waals surface area (Å²) in [6.07, 6.45) is 5.90. The summed E-state index contributed by atoms with van der Waals surface area (Å²) in [5.41, 5.74) is 0. The van der Waals surface area contributed by atoms with Crippen LogP contribution in [0.5, 0.6) is 0 Å². The van der Waals surface area contributed by atoms with Crippen LogP contribution in [0.3, 0.4) is 0 Å². The van der Waals surface area contributed by atoms with Gasteiger partial charge in [-0.3, -0.25) is 4.79 Å². The zero-order valence-electron chi connectivity index (χ0n) is 6.10. The van der Waals surface area contributed by atoms with Crippen LogP contribution in [-0.2, 0) is 4.79 Å². The Balaban J connectivity index is 1.88. The van der Waals surface area contributed by atoms with Crippen molar-refractivity contribution >= 4 is 5.91 Å². The van der Waals surface area contributed by atoms with Crippen LogP contribution in [0.1, 0.15) is 32.1 Å². The molecule has 0 aromatic heterocycles. The summed E-state index contributed by atoms with van der Waals surface area (Å²) in [5, 5.41) is 3.02. The Kier molecular flexibility index (Phi) is 1.40. The van der Waals surface area contributed by atoms with Gasteiger partial charge in [0, 0.05) is 12.5 Å². The normalized spacial score (nSPS) is 33.6. The Hall–Kier alpha value is -0.530. The molecule has 56 valence electrons. The highest BCUT2D eigenvalue weighted by Gasteiger charge is 2.31. The van der Waals surface area contributed by atoms with Gasteiger partial charge in [-0.25, -0.2) is 0 Å². The highest BCUT2D eigenvalue weighted by Crippen LogP contribution is 2.32. The fourth-order valence-electron chi connectivity index (χ4n) is 1.83. The minimum absolute atomic E-state index is 0.261. The molecular weight excluding hydrogens is 126 g/mol. The van der Waals surface area contributed by atoms with Crippen molar-refractivity contribution < 1.29 is 4.79 Å². The molecule has 2 fully saturated rings. The molecule has 0 aromatic rings. The summed E-state index contributed by atoms with van der Waals surface area (Å²) in [7, 11) is 0. The molecule has 2 rings (SSSR count). The Bertz CT molecular complexity index is 151. The second-order valence-electron chi connectivity index (χ2n) is 3.40. The minimum atomic E-state index is 0.261. The third-order valence-corrected chi connectivity index (χ3v) is 2.75. The molecule has 1 unspecified atom stereocenters. The standard InChI is InChI=1S/C8H13NO/c10-8-5-4-7(9-8)6-2-1-3-6/h6-7H,1-5H2,(H,9,10). The van der Waals surface area contributed by atoms with Crippen molar-refractivity contribution in [3.05, 3.63) is 0 Å². The maximum absolute atomic E-state index is 10.8.